The van der Waals surface area contributed by atoms with E-state index < -0.39 is 12.1 Å². The topological polar surface area (TPSA) is 72.3 Å². The zero-order valence-corrected chi connectivity index (χ0v) is 21.3. The third kappa shape index (κ3) is 4.51. The van der Waals surface area contributed by atoms with Gasteiger partial charge in [-0.25, -0.2) is 4.68 Å². The van der Waals surface area contributed by atoms with Gasteiger partial charge in [0.25, 0.3) is 5.91 Å². The molecule has 1 saturated heterocycles. The van der Waals surface area contributed by atoms with Crippen molar-refractivity contribution in [1.29, 1.82) is 0 Å². The molecule has 2 aliphatic rings. The summed E-state index contributed by atoms with van der Waals surface area (Å²) < 4.78 is 32.9. The third-order valence-electron chi connectivity index (χ3n) is 7.78. The van der Waals surface area contributed by atoms with Crippen molar-refractivity contribution >= 4 is 16.8 Å². The highest BCUT2D eigenvalue weighted by molar-refractivity contribution is 5.98. The van der Waals surface area contributed by atoms with Gasteiger partial charge in [-0.05, 0) is 87.3 Å². The van der Waals surface area contributed by atoms with E-state index in [-0.39, 0.29) is 5.91 Å². The van der Waals surface area contributed by atoms with Crippen molar-refractivity contribution in [3.8, 4) is 17.0 Å². The van der Waals surface area contributed by atoms with Gasteiger partial charge in [0.15, 0.2) is 0 Å². The SMILES string of the molecule is Cc1ccc(OCC2CCN2C)cc1C(=O)NC1(c2cc(-c3ccn(C(F)F)n3)cc3ncccc23)CC1. The van der Waals surface area contributed by atoms with Crippen molar-refractivity contribution in [2.45, 2.75) is 44.3 Å². The Bertz CT molecular complexity index is 1510. The lowest BCUT2D eigenvalue weighted by molar-refractivity contribution is 0.0568. The first-order chi connectivity index (χ1) is 18.3. The molecular formula is C29H29F2N5O2. The largest absolute Gasteiger partial charge is 0.492 e. The summed E-state index contributed by atoms with van der Waals surface area (Å²) in [4.78, 5) is 20.3. The molecule has 2 aromatic carbocycles. The van der Waals surface area contributed by atoms with Gasteiger partial charge in [-0.3, -0.25) is 14.7 Å². The highest BCUT2D eigenvalue weighted by Gasteiger charge is 2.47. The fraction of sp³-hybridized carbons (Fsp3) is 0.345. The Morgan fingerprint density at radius 3 is 2.74 bits per heavy atom. The van der Waals surface area contributed by atoms with Crippen molar-refractivity contribution in [1.82, 2.24) is 25.0 Å². The van der Waals surface area contributed by atoms with Gasteiger partial charge in [0.2, 0.25) is 0 Å². The molecule has 1 aliphatic carbocycles. The first kappa shape index (κ1) is 24.5. The summed E-state index contributed by atoms with van der Waals surface area (Å²) in [6.07, 6.45) is 5.60. The number of alkyl halides is 2. The number of fused-ring (bicyclic) bond motifs is 1. The molecular weight excluding hydrogens is 488 g/mol. The number of halogens is 2. The number of nitrogens with zero attached hydrogens (tertiary/aromatic N) is 4. The molecule has 196 valence electrons. The van der Waals surface area contributed by atoms with E-state index in [4.69, 9.17) is 4.74 Å². The van der Waals surface area contributed by atoms with E-state index >= 15 is 0 Å². The number of aryl methyl sites for hydroxylation is 1. The monoisotopic (exact) mass is 517 g/mol. The first-order valence-electron chi connectivity index (χ1n) is 12.8. The molecule has 0 bridgehead atoms. The Hall–Kier alpha value is -3.85. The predicted molar refractivity (Wildman–Crippen MR) is 140 cm³/mol. The van der Waals surface area contributed by atoms with Crippen LogP contribution >= 0.6 is 0 Å². The van der Waals surface area contributed by atoms with Gasteiger partial charge >= 0.3 is 6.55 Å². The molecule has 38 heavy (non-hydrogen) atoms. The van der Waals surface area contributed by atoms with Crippen LogP contribution in [0.2, 0.25) is 0 Å². The lowest BCUT2D eigenvalue weighted by Crippen LogP contribution is -2.48. The van der Waals surface area contributed by atoms with Crippen LogP contribution in [0.25, 0.3) is 22.2 Å². The van der Waals surface area contributed by atoms with E-state index in [0.717, 1.165) is 47.8 Å². The molecule has 0 radical (unpaired) electrons. The lowest BCUT2D eigenvalue weighted by Gasteiger charge is -2.37. The Kier molecular flexibility index (Phi) is 6.10. The van der Waals surface area contributed by atoms with Gasteiger partial charge in [-0.1, -0.05) is 12.1 Å². The molecule has 2 aromatic heterocycles. The number of hydrogen-bond acceptors (Lipinski definition) is 5. The van der Waals surface area contributed by atoms with Crippen LogP contribution < -0.4 is 10.1 Å². The minimum absolute atomic E-state index is 0.171. The molecule has 7 nitrogen and oxygen atoms in total. The Morgan fingerprint density at radius 2 is 2.05 bits per heavy atom. The molecule has 2 fully saturated rings. The molecule has 9 heteroatoms. The average Bonchev–Trinajstić information content (AvgIpc) is 3.50. The van der Waals surface area contributed by atoms with E-state index in [1.54, 1.807) is 12.3 Å². The van der Waals surface area contributed by atoms with Gasteiger partial charge in [0.1, 0.15) is 12.4 Å². The molecule has 1 unspecified atom stereocenters. The minimum atomic E-state index is -2.71. The summed E-state index contributed by atoms with van der Waals surface area (Å²) in [5.74, 6) is 0.507. The zero-order chi connectivity index (χ0) is 26.4. The lowest BCUT2D eigenvalue weighted by atomic mass is 9.95. The summed E-state index contributed by atoms with van der Waals surface area (Å²) in [6.45, 7) is 0.875. The van der Waals surface area contributed by atoms with Gasteiger partial charge in [-0.15, -0.1) is 0 Å². The maximum Gasteiger partial charge on any atom is 0.333 e. The second kappa shape index (κ2) is 9.47. The Balaban J connectivity index is 1.30. The summed E-state index contributed by atoms with van der Waals surface area (Å²) >= 11 is 0. The smallest absolute Gasteiger partial charge is 0.333 e. The van der Waals surface area contributed by atoms with Crippen LogP contribution in [-0.2, 0) is 5.54 Å². The highest BCUT2D eigenvalue weighted by Crippen LogP contribution is 2.49. The number of pyridine rings is 1. The molecule has 1 N–H and O–H groups in total. The van der Waals surface area contributed by atoms with Crippen molar-refractivity contribution in [2.75, 3.05) is 20.2 Å². The number of likely N-dealkylation sites (N-methyl/N-ethyl adjacent to an activating group) is 1. The molecule has 1 saturated carbocycles. The van der Waals surface area contributed by atoms with E-state index in [2.05, 4.69) is 27.3 Å². The van der Waals surface area contributed by atoms with Crippen LogP contribution in [0.1, 0.15) is 47.3 Å². The molecule has 1 atom stereocenters. The normalized spacial score (nSPS) is 18.4. The van der Waals surface area contributed by atoms with Gasteiger partial charge in [0.05, 0.1) is 16.7 Å². The second-order valence-electron chi connectivity index (χ2n) is 10.3. The van der Waals surface area contributed by atoms with Crippen molar-refractivity contribution in [2.24, 2.45) is 0 Å². The van der Waals surface area contributed by atoms with E-state index in [1.165, 1.54) is 6.20 Å². The fourth-order valence-electron chi connectivity index (χ4n) is 5.11. The van der Waals surface area contributed by atoms with Crippen molar-refractivity contribution < 1.29 is 18.3 Å². The highest BCUT2D eigenvalue weighted by atomic mass is 19.3. The minimum Gasteiger partial charge on any atom is -0.492 e. The Labute approximate surface area is 219 Å². The van der Waals surface area contributed by atoms with Crippen molar-refractivity contribution in [3.63, 3.8) is 0 Å². The van der Waals surface area contributed by atoms with Crippen LogP contribution in [0.5, 0.6) is 5.75 Å². The molecule has 1 aliphatic heterocycles. The number of carbonyl (C=O) groups excluding carboxylic acids is 1. The van der Waals surface area contributed by atoms with E-state index in [9.17, 15) is 13.6 Å². The van der Waals surface area contributed by atoms with Gasteiger partial charge in [0, 0.05) is 34.9 Å². The zero-order valence-electron chi connectivity index (χ0n) is 21.3. The number of amides is 1. The maximum absolute atomic E-state index is 13.6. The van der Waals surface area contributed by atoms with Crippen LogP contribution in [0.15, 0.2) is 60.9 Å². The molecule has 6 rings (SSSR count). The molecule has 0 spiro atoms. The van der Waals surface area contributed by atoms with Crippen molar-refractivity contribution in [3.05, 3.63) is 77.6 Å². The van der Waals surface area contributed by atoms with E-state index in [0.29, 0.717) is 39.9 Å². The standard InChI is InChI=1S/C29H29F2N5O2/c1-18-5-6-21(38-17-20-7-12-35(20)2)16-23(18)27(37)33-29(9-10-29)24-14-19(15-26-22(24)4-3-11-32-26)25-8-13-36(34-25)28(30)31/h3-6,8,11,13-16,20,28H,7,9-10,12,17H2,1-2H3,(H,33,37). The Morgan fingerprint density at radius 1 is 1.21 bits per heavy atom. The van der Waals surface area contributed by atoms with Gasteiger partial charge in [-0.2, -0.15) is 13.9 Å². The number of rotatable bonds is 8. The number of carbonyl (C=O) groups is 1. The predicted octanol–water partition coefficient (Wildman–Crippen LogP) is 5.30. The summed E-state index contributed by atoms with van der Waals surface area (Å²) in [7, 11) is 2.08. The molecule has 1 amide bonds. The fourth-order valence-corrected chi connectivity index (χ4v) is 5.11. The van der Waals surface area contributed by atoms with Crippen LogP contribution in [-0.4, -0.2) is 51.8 Å². The second-order valence-corrected chi connectivity index (χ2v) is 10.3. The maximum atomic E-state index is 13.6. The quantitative estimate of drug-likeness (QED) is 0.343. The molecule has 4 aromatic rings. The summed E-state index contributed by atoms with van der Waals surface area (Å²) in [5, 5.41) is 8.24. The van der Waals surface area contributed by atoms with E-state index in [1.807, 2.05) is 49.4 Å². The average molecular weight is 518 g/mol. The summed E-state index contributed by atoms with van der Waals surface area (Å²) in [6, 6.07) is 15.2. The number of aromatic nitrogens is 3. The summed E-state index contributed by atoms with van der Waals surface area (Å²) in [5.41, 5.74) is 3.61. The third-order valence-corrected chi connectivity index (χ3v) is 7.78. The van der Waals surface area contributed by atoms with Crippen LogP contribution in [0, 0.1) is 6.92 Å². The number of nitrogens with one attached hydrogen (secondary N) is 1. The number of likely N-dealkylation sites (tertiary alicyclic amines) is 1. The first-order valence-corrected chi connectivity index (χ1v) is 12.8. The van der Waals surface area contributed by atoms with Crippen LogP contribution in [0.4, 0.5) is 8.78 Å². The number of ether oxygens (including phenoxy) is 1. The van der Waals surface area contributed by atoms with Gasteiger partial charge < -0.3 is 10.1 Å². The molecule has 3 heterocycles. The number of benzene rings is 2. The van der Waals surface area contributed by atoms with Crippen LogP contribution in [0.3, 0.4) is 0 Å². The number of hydrogen-bond donors (Lipinski definition) is 1.